The highest BCUT2D eigenvalue weighted by Crippen LogP contribution is 2.55. The van der Waals surface area contributed by atoms with Gasteiger partial charge in [-0.3, -0.25) is 0 Å². The third-order valence-corrected chi connectivity index (χ3v) is 5.25. The first kappa shape index (κ1) is 16.6. The molecule has 1 aromatic carbocycles. The monoisotopic (exact) mass is 330 g/mol. The molecule has 0 aromatic heterocycles. The zero-order valence-corrected chi connectivity index (χ0v) is 14.0. The van der Waals surface area contributed by atoms with Gasteiger partial charge in [-0.2, -0.15) is 15.8 Å². The average Bonchev–Trinajstić information content (AvgIpc) is 2.67. The molecule has 0 bridgehead atoms. The molecule has 5 nitrogen and oxygen atoms in total. The number of methoxy groups -OCH3 is 1. The number of hydrogen-bond acceptors (Lipinski definition) is 5. The SMILES string of the molecule is COc1cccc([C@@H]2[C@H]3CCCC=C3C(C#N)=C(N)C2(C#N)C#N)c1. The molecule has 0 aliphatic heterocycles. The van der Waals surface area contributed by atoms with E-state index in [9.17, 15) is 15.8 Å². The number of nitrogens with zero attached hydrogens (tertiary/aromatic N) is 3. The van der Waals surface area contributed by atoms with Gasteiger partial charge < -0.3 is 10.5 Å². The molecule has 0 saturated heterocycles. The third kappa shape index (κ3) is 2.35. The first-order valence-corrected chi connectivity index (χ1v) is 8.20. The number of fused-ring (bicyclic) bond motifs is 1. The number of allylic oxidation sites excluding steroid dienone is 4. The van der Waals surface area contributed by atoms with Crippen molar-refractivity contribution in [1.29, 1.82) is 15.8 Å². The first-order valence-electron chi connectivity index (χ1n) is 8.20. The van der Waals surface area contributed by atoms with Crippen LogP contribution < -0.4 is 10.5 Å². The highest BCUT2D eigenvalue weighted by Gasteiger charge is 2.53. The number of nitriles is 3. The Morgan fingerprint density at radius 1 is 1.24 bits per heavy atom. The lowest BCUT2D eigenvalue weighted by atomic mass is 9.57. The van der Waals surface area contributed by atoms with E-state index in [0.29, 0.717) is 11.3 Å². The molecule has 5 heteroatoms. The number of ether oxygens (including phenoxy) is 1. The van der Waals surface area contributed by atoms with E-state index in [4.69, 9.17) is 10.5 Å². The summed E-state index contributed by atoms with van der Waals surface area (Å²) >= 11 is 0. The zero-order chi connectivity index (χ0) is 18.0. The summed E-state index contributed by atoms with van der Waals surface area (Å²) in [6, 6.07) is 13.8. The molecule has 0 unspecified atom stereocenters. The van der Waals surface area contributed by atoms with Gasteiger partial charge in [-0.1, -0.05) is 18.2 Å². The lowest BCUT2D eigenvalue weighted by Crippen LogP contribution is -2.42. The summed E-state index contributed by atoms with van der Waals surface area (Å²) in [5, 5.41) is 29.4. The number of benzene rings is 1. The van der Waals surface area contributed by atoms with Crippen LogP contribution in [0.5, 0.6) is 5.75 Å². The van der Waals surface area contributed by atoms with Crippen molar-refractivity contribution < 1.29 is 4.74 Å². The van der Waals surface area contributed by atoms with E-state index in [2.05, 4.69) is 18.2 Å². The largest absolute Gasteiger partial charge is 0.497 e. The molecule has 25 heavy (non-hydrogen) atoms. The van der Waals surface area contributed by atoms with Crippen LogP contribution in [0.15, 0.2) is 47.2 Å². The van der Waals surface area contributed by atoms with Gasteiger partial charge in [0.2, 0.25) is 0 Å². The summed E-state index contributed by atoms with van der Waals surface area (Å²) in [7, 11) is 1.58. The fourth-order valence-corrected chi connectivity index (χ4v) is 4.08. The summed E-state index contributed by atoms with van der Waals surface area (Å²) in [5.41, 5.74) is 6.75. The third-order valence-electron chi connectivity index (χ3n) is 5.25. The molecular weight excluding hydrogens is 312 g/mol. The molecule has 0 heterocycles. The number of hydrogen-bond donors (Lipinski definition) is 1. The van der Waals surface area contributed by atoms with Crippen LogP contribution in [-0.2, 0) is 0 Å². The Balaban J connectivity index is 2.31. The molecule has 0 amide bonds. The molecule has 2 aliphatic rings. The quantitative estimate of drug-likeness (QED) is 0.895. The lowest BCUT2D eigenvalue weighted by molar-refractivity contribution is 0.316. The van der Waals surface area contributed by atoms with Crippen molar-refractivity contribution in [2.45, 2.75) is 25.2 Å². The van der Waals surface area contributed by atoms with E-state index in [1.54, 1.807) is 7.11 Å². The van der Waals surface area contributed by atoms with Gasteiger partial charge in [0.15, 0.2) is 5.41 Å². The Morgan fingerprint density at radius 2 is 2.00 bits per heavy atom. The van der Waals surface area contributed by atoms with E-state index in [-0.39, 0.29) is 11.6 Å². The second kappa shape index (κ2) is 6.34. The maximum atomic E-state index is 9.93. The highest BCUT2D eigenvalue weighted by atomic mass is 16.5. The summed E-state index contributed by atoms with van der Waals surface area (Å²) in [6.45, 7) is 0. The van der Waals surface area contributed by atoms with E-state index in [0.717, 1.165) is 30.4 Å². The van der Waals surface area contributed by atoms with Crippen LogP contribution in [0.4, 0.5) is 0 Å². The average molecular weight is 330 g/mol. The Kier molecular flexibility index (Phi) is 4.22. The van der Waals surface area contributed by atoms with Gasteiger partial charge in [0.1, 0.15) is 11.8 Å². The molecule has 2 N–H and O–H groups in total. The maximum Gasteiger partial charge on any atom is 0.191 e. The Labute approximate surface area is 147 Å². The van der Waals surface area contributed by atoms with E-state index in [1.807, 2.05) is 30.3 Å². The molecule has 0 saturated carbocycles. The smallest absolute Gasteiger partial charge is 0.191 e. The predicted molar refractivity (Wildman–Crippen MR) is 91.6 cm³/mol. The predicted octanol–water partition coefficient (Wildman–Crippen LogP) is 3.29. The first-order chi connectivity index (χ1) is 12.1. The van der Waals surface area contributed by atoms with Crippen LogP contribution in [0.25, 0.3) is 0 Å². The minimum atomic E-state index is -1.56. The van der Waals surface area contributed by atoms with Crippen LogP contribution in [0.3, 0.4) is 0 Å². The highest BCUT2D eigenvalue weighted by molar-refractivity contribution is 5.59. The second-order valence-corrected chi connectivity index (χ2v) is 6.38. The molecule has 0 radical (unpaired) electrons. The summed E-state index contributed by atoms with van der Waals surface area (Å²) in [4.78, 5) is 0. The second-order valence-electron chi connectivity index (χ2n) is 6.38. The normalized spacial score (nSPS) is 24.2. The van der Waals surface area contributed by atoms with Crippen molar-refractivity contribution >= 4 is 0 Å². The summed E-state index contributed by atoms with van der Waals surface area (Å²) in [5.74, 6) is 0.153. The molecule has 124 valence electrons. The van der Waals surface area contributed by atoms with Gasteiger partial charge in [-0.15, -0.1) is 0 Å². The summed E-state index contributed by atoms with van der Waals surface area (Å²) in [6.07, 6.45) is 4.68. The molecule has 1 aromatic rings. The van der Waals surface area contributed by atoms with E-state index >= 15 is 0 Å². The van der Waals surface area contributed by atoms with E-state index in [1.165, 1.54) is 0 Å². The van der Waals surface area contributed by atoms with Crippen LogP contribution >= 0.6 is 0 Å². The number of nitrogens with two attached hydrogens (primary N) is 1. The van der Waals surface area contributed by atoms with Crippen LogP contribution in [0, 0.1) is 45.3 Å². The zero-order valence-electron chi connectivity index (χ0n) is 14.0. The van der Waals surface area contributed by atoms with Crippen LogP contribution in [0.2, 0.25) is 0 Å². The Bertz CT molecular complexity index is 877. The molecule has 0 spiro atoms. The van der Waals surface area contributed by atoms with Gasteiger partial charge >= 0.3 is 0 Å². The van der Waals surface area contributed by atoms with Crippen molar-refractivity contribution in [3.05, 3.63) is 52.7 Å². The van der Waals surface area contributed by atoms with Crippen LogP contribution in [-0.4, -0.2) is 7.11 Å². The van der Waals surface area contributed by atoms with Crippen molar-refractivity contribution in [3.63, 3.8) is 0 Å². The Morgan fingerprint density at radius 3 is 2.64 bits per heavy atom. The van der Waals surface area contributed by atoms with Crippen molar-refractivity contribution in [2.75, 3.05) is 7.11 Å². The number of rotatable bonds is 2. The van der Waals surface area contributed by atoms with Gasteiger partial charge in [0, 0.05) is 5.92 Å². The molecule has 0 fully saturated rings. The van der Waals surface area contributed by atoms with Gasteiger partial charge in [-0.05, 0) is 48.4 Å². The Hall–Kier alpha value is -3.23. The van der Waals surface area contributed by atoms with Crippen molar-refractivity contribution in [3.8, 4) is 24.0 Å². The maximum absolute atomic E-state index is 9.93. The molecule has 2 atom stereocenters. The molecular formula is C20H18N4O. The molecule has 3 rings (SSSR count). The topological polar surface area (TPSA) is 107 Å². The minimum absolute atomic E-state index is 0.0669. The molecule has 2 aliphatic carbocycles. The fourth-order valence-electron chi connectivity index (χ4n) is 4.08. The standard InChI is InChI=1S/C20H18N4O/c1-25-14-6-4-5-13(9-14)18-16-8-3-2-7-15(16)17(10-21)19(24)20(18,11-22)12-23/h4-7,9,16,18H,2-3,8,24H2,1H3/t16-,18+/m0/s1. The lowest BCUT2D eigenvalue weighted by Gasteiger charge is -2.43. The fraction of sp³-hybridized carbons (Fsp3) is 0.350. The van der Waals surface area contributed by atoms with Gasteiger partial charge in [0.05, 0.1) is 30.5 Å². The minimum Gasteiger partial charge on any atom is -0.497 e. The van der Waals surface area contributed by atoms with Crippen LogP contribution in [0.1, 0.15) is 30.7 Å². The van der Waals surface area contributed by atoms with Crippen molar-refractivity contribution in [2.24, 2.45) is 17.1 Å². The van der Waals surface area contributed by atoms with E-state index < -0.39 is 11.3 Å². The van der Waals surface area contributed by atoms with Crippen molar-refractivity contribution in [1.82, 2.24) is 0 Å². The van der Waals surface area contributed by atoms with Gasteiger partial charge in [-0.25, -0.2) is 0 Å². The van der Waals surface area contributed by atoms with Gasteiger partial charge in [0.25, 0.3) is 0 Å². The summed E-state index contributed by atoms with van der Waals surface area (Å²) < 4.78 is 5.31.